The van der Waals surface area contributed by atoms with E-state index in [1.165, 1.54) is 17.8 Å². The first-order valence-corrected chi connectivity index (χ1v) is 8.06. The monoisotopic (exact) mass is 350 g/mol. The van der Waals surface area contributed by atoms with Crippen LogP contribution in [-0.4, -0.2) is 4.98 Å². The van der Waals surface area contributed by atoms with Crippen LogP contribution in [-0.2, 0) is 0 Å². The number of nitrogens with one attached hydrogen (secondary N) is 1. The molecule has 0 fully saturated rings. The zero-order valence-electron chi connectivity index (χ0n) is 12.3. The van der Waals surface area contributed by atoms with Crippen molar-refractivity contribution in [2.24, 2.45) is 0 Å². The quantitative estimate of drug-likeness (QED) is 0.776. The number of aromatic nitrogens is 1. The lowest BCUT2D eigenvalue weighted by Crippen LogP contribution is -2.26. The van der Waals surface area contributed by atoms with Crippen molar-refractivity contribution in [2.45, 2.75) is 38.8 Å². The molecule has 0 saturated heterocycles. The Morgan fingerprint density at radius 3 is 2.24 bits per heavy atom. The van der Waals surface area contributed by atoms with Gasteiger partial charge in [-0.15, -0.1) is 0 Å². The van der Waals surface area contributed by atoms with E-state index < -0.39 is 0 Å². The van der Waals surface area contributed by atoms with E-state index in [0.717, 1.165) is 23.0 Å². The molecule has 2 unspecified atom stereocenters. The molecule has 0 bridgehead atoms. The molecule has 1 aromatic carbocycles. The van der Waals surface area contributed by atoms with Gasteiger partial charge in [-0.05, 0) is 42.7 Å². The zero-order chi connectivity index (χ0) is 15.2. The molecule has 0 spiro atoms. The van der Waals surface area contributed by atoms with Crippen molar-refractivity contribution in [1.29, 1.82) is 0 Å². The number of halogens is 2. The van der Waals surface area contributed by atoms with Gasteiger partial charge in [-0.3, -0.25) is 4.98 Å². The fraction of sp³-hybridized carbons (Fsp3) is 0.353. The zero-order valence-corrected chi connectivity index (χ0v) is 13.9. The van der Waals surface area contributed by atoms with E-state index in [4.69, 9.17) is 0 Å². The highest BCUT2D eigenvalue weighted by atomic mass is 79.9. The number of hydrogen-bond donors (Lipinski definition) is 1. The van der Waals surface area contributed by atoms with Crippen LogP contribution < -0.4 is 5.32 Å². The molecule has 1 aromatic heterocycles. The molecule has 2 atom stereocenters. The minimum absolute atomic E-state index is 0.124. The van der Waals surface area contributed by atoms with E-state index in [0.29, 0.717) is 0 Å². The maximum atomic E-state index is 13.0. The second-order valence-electron chi connectivity index (χ2n) is 5.04. The molecule has 0 radical (unpaired) electrons. The Hall–Kier alpha value is -1.26. The van der Waals surface area contributed by atoms with Crippen LogP contribution in [0.5, 0.6) is 0 Å². The molecule has 0 aliphatic rings. The third-order valence-electron chi connectivity index (χ3n) is 3.60. The van der Waals surface area contributed by atoms with E-state index in [1.54, 1.807) is 6.07 Å². The van der Waals surface area contributed by atoms with Crippen LogP contribution in [0.3, 0.4) is 0 Å². The highest BCUT2D eigenvalue weighted by Gasteiger charge is 2.17. The minimum Gasteiger partial charge on any atom is -0.302 e. The van der Waals surface area contributed by atoms with Gasteiger partial charge in [-0.1, -0.05) is 41.9 Å². The van der Waals surface area contributed by atoms with Gasteiger partial charge < -0.3 is 5.32 Å². The summed E-state index contributed by atoms with van der Waals surface area (Å²) in [5, 5.41) is 3.62. The number of pyridine rings is 1. The van der Waals surface area contributed by atoms with Crippen LogP contribution in [0, 0.1) is 5.82 Å². The number of nitrogens with zero attached hydrogens (tertiary/aromatic N) is 1. The summed E-state index contributed by atoms with van der Waals surface area (Å²) >= 11 is 3.46. The Balaban J connectivity index is 2.15. The Labute approximate surface area is 133 Å². The SMILES string of the molecule is CCC(NC(CC)c1ccc(F)cn1)c1ccc(Br)cc1. The van der Waals surface area contributed by atoms with E-state index in [-0.39, 0.29) is 17.9 Å². The predicted octanol–water partition coefficient (Wildman–Crippen LogP) is 5.18. The van der Waals surface area contributed by atoms with Crippen molar-refractivity contribution in [2.75, 3.05) is 0 Å². The molecular weight excluding hydrogens is 331 g/mol. The smallest absolute Gasteiger partial charge is 0.141 e. The van der Waals surface area contributed by atoms with Gasteiger partial charge in [0, 0.05) is 16.6 Å². The molecule has 4 heteroatoms. The molecule has 0 amide bonds. The van der Waals surface area contributed by atoms with Crippen LogP contribution in [0.1, 0.15) is 50.0 Å². The maximum absolute atomic E-state index is 13.0. The third-order valence-corrected chi connectivity index (χ3v) is 4.13. The average molecular weight is 351 g/mol. The van der Waals surface area contributed by atoms with Crippen molar-refractivity contribution in [3.05, 3.63) is 64.1 Å². The van der Waals surface area contributed by atoms with Crippen LogP contribution >= 0.6 is 15.9 Å². The molecule has 0 saturated carbocycles. The second kappa shape index (κ2) is 7.66. The first kappa shape index (κ1) is 16.1. The number of benzene rings is 1. The molecule has 1 heterocycles. The molecule has 1 N–H and O–H groups in total. The predicted molar refractivity (Wildman–Crippen MR) is 87.5 cm³/mol. The van der Waals surface area contributed by atoms with Crippen molar-refractivity contribution in [3.8, 4) is 0 Å². The largest absolute Gasteiger partial charge is 0.302 e. The van der Waals surface area contributed by atoms with Crippen LogP contribution in [0.15, 0.2) is 47.1 Å². The fourth-order valence-electron chi connectivity index (χ4n) is 2.39. The molecule has 21 heavy (non-hydrogen) atoms. The van der Waals surface area contributed by atoms with Gasteiger partial charge in [-0.25, -0.2) is 4.39 Å². The Morgan fingerprint density at radius 2 is 1.71 bits per heavy atom. The lowest BCUT2D eigenvalue weighted by molar-refractivity contribution is 0.418. The minimum atomic E-state index is -0.298. The van der Waals surface area contributed by atoms with Gasteiger partial charge in [-0.2, -0.15) is 0 Å². The Kier molecular flexibility index (Phi) is 5.88. The summed E-state index contributed by atoms with van der Waals surface area (Å²) < 4.78 is 14.1. The van der Waals surface area contributed by atoms with Crippen molar-refractivity contribution in [1.82, 2.24) is 10.3 Å². The summed E-state index contributed by atoms with van der Waals surface area (Å²) in [5.41, 5.74) is 2.13. The van der Waals surface area contributed by atoms with Crippen LogP contribution in [0.2, 0.25) is 0 Å². The molecular formula is C17H20BrFN2. The topological polar surface area (TPSA) is 24.9 Å². The molecule has 2 rings (SSSR count). The van der Waals surface area contributed by atoms with Crippen molar-refractivity contribution < 1.29 is 4.39 Å². The third kappa shape index (κ3) is 4.35. The van der Waals surface area contributed by atoms with Gasteiger partial charge >= 0.3 is 0 Å². The highest BCUT2D eigenvalue weighted by Crippen LogP contribution is 2.24. The van der Waals surface area contributed by atoms with Crippen molar-refractivity contribution in [3.63, 3.8) is 0 Å². The standard InChI is InChI=1S/C17H20BrFN2/c1-3-15(12-5-7-13(18)8-6-12)21-16(4-2)17-10-9-14(19)11-20-17/h5-11,15-16,21H,3-4H2,1-2H3. The fourth-order valence-corrected chi connectivity index (χ4v) is 2.66. The first-order valence-electron chi connectivity index (χ1n) is 7.27. The van der Waals surface area contributed by atoms with Gasteiger partial charge in [0.05, 0.1) is 11.9 Å². The second-order valence-corrected chi connectivity index (χ2v) is 5.96. The van der Waals surface area contributed by atoms with Gasteiger partial charge in [0.25, 0.3) is 0 Å². The summed E-state index contributed by atoms with van der Waals surface area (Å²) in [7, 11) is 0. The number of rotatable bonds is 6. The van der Waals surface area contributed by atoms with E-state index >= 15 is 0 Å². The lowest BCUT2D eigenvalue weighted by atomic mass is 10.0. The molecule has 0 aliphatic carbocycles. The van der Waals surface area contributed by atoms with Crippen LogP contribution in [0.25, 0.3) is 0 Å². The molecule has 2 aromatic rings. The van der Waals surface area contributed by atoms with E-state index in [2.05, 4.69) is 64.3 Å². The summed E-state index contributed by atoms with van der Waals surface area (Å²) in [6, 6.07) is 12.0. The molecule has 112 valence electrons. The van der Waals surface area contributed by atoms with Crippen molar-refractivity contribution >= 4 is 15.9 Å². The summed E-state index contributed by atoms with van der Waals surface area (Å²) in [6.45, 7) is 4.27. The summed E-state index contributed by atoms with van der Waals surface area (Å²) in [6.07, 6.45) is 3.17. The normalized spacial score (nSPS) is 13.9. The van der Waals surface area contributed by atoms with Crippen LogP contribution in [0.4, 0.5) is 4.39 Å². The first-order chi connectivity index (χ1) is 10.1. The van der Waals surface area contributed by atoms with Gasteiger partial charge in [0.2, 0.25) is 0 Å². The maximum Gasteiger partial charge on any atom is 0.141 e. The lowest BCUT2D eigenvalue weighted by Gasteiger charge is -2.24. The summed E-state index contributed by atoms with van der Waals surface area (Å²) in [5.74, 6) is -0.298. The Bertz CT molecular complexity index is 503. The number of hydrogen-bond acceptors (Lipinski definition) is 2. The van der Waals surface area contributed by atoms with Gasteiger partial charge in [0.15, 0.2) is 0 Å². The highest BCUT2D eigenvalue weighted by molar-refractivity contribution is 9.10. The van der Waals surface area contributed by atoms with Gasteiger partial charge in [0.1, 0.15) is 5.82 Å². The molecule has 0 aliphatic heterocycles. The van der Waals surface area contributed by atoms with E-state index in [9.17, 15) is 4.39 Å². The van der Waals surface area contributed by atoms with E-state index in [1.807, 2.05) is 0 Å². The molecule has 2 nitrogen and oxygen atoms in total. The average Bonchev–Trinajstić information content (AvgIpc) is 2.51. The Morgan fingerprint density at radius 1 is 1.05 bits per heavy atom. The summed E-state index contributed by atoms with van der Waals surface area (Å²) in [4.78, 5) is 4.20.